The molecule has 3 saturated carbocycles. The van der Waals surface area contributed by atoms with E-state index >= 15 is 0 Å². The average Bonchev–Trinajstić information content (AvgIpc) is 3.21. The van der Waals surface area contributed by atoms with Gasteiger partial charge in [0.15, 0.2) is 0 Å². The van der Waals surface area contributed by atoms with E-state index in [2.05, 4.69) is 15.6 Å². The van der Waals surface area contributed by atoms with Crippen molar-refractivity contribution in [2.24, 2.45) is 29.4 Å². The molecule has 0 spiro atoms. The quantitative estimate of drug-likeness (QED) is 0.788. The minimum absolute atomic E-state index is 0.00117. The van der Waals surface area contributed by atoms with E-state index in [1.54, 1.807) is 18.3 Å². The third-order valence-electron chi connectivity index (χ3n) is 5.51. The molecule has 6 nitrogen and oxygen atoms in total. The largest absolute Gasteiger partial charge is 0.327 e. The first kappa shape index (κ1) is 14.6. The van der Waals surface area contributed by atoms with Gasteiger partial charge in [-0.1, -0.05) is 0 Å². The van der Waals surface area contributed by atoms with Crippen LogP contribution in [-0.4, -0.2) is 22.8 Å². The molecule has 4 atom stereocenters. The van der Waals surface area contributed by atoms with Gasteiger partial charge in [0.25, 0.3) is 0 Å². The van der Waals surface area contributed by atoms with Gasteiger partial charge in [-0.15, -0.1) is 0 Å². The van der Waals surface area contributed by atoms with Gasteiger partial charge in [-0.25, -0.2) is 4.98 Å². The first-order valence-electron chi connectivity index (χ1n) is 8.45. The fourth-order valence-corrected chi connectivity index (χ4v) is 4.07. The van der Waals surface area contributed by atoms with Crippen molar-refractivity contribution < 1.29 is 9.59 Å². The van der Waals surface area contributed by atoms with Crippen LogP contribution in [0.25, 0.3) is 0 Å². The minimum atomic E-state index is -0.0806. The smallest absolute Gasteiger partial charge is 0.229 e. The maximum Gasteiger partial charge on any atom is 0.229 e. The number of nitrogens with two attached hydrogens (primary N) is 1. The predicted molar refractivity (Wildman–Crippen MR) is 86.5 cm³/mol. The second-order valence-corrected chi connectivity index (χ2v) is 7.12. The van der Waals surface area contributed by atoms with Crippen molar-refractivity contribution in [2.75, 3.05) is 10.6 Å². The number of amides is 2. The van der Waals surface area contributed by atoms with Gasteiger partial charge in [-0.2, -0.15) is 0 Å². The number of carbonyl (C=O) groups excluding carboxylic acids is 2. The van der Waals surface area contributed by atoms with Gasteiger partial charge in [0.1, 0.15) is 5.82 Å². The molecule has 6 heteroatoms. The fourth-order valence-electron chi connectivity index (χ4n) is 4.07. The van der Waals surface area contributed by atoms with Crippen molar-refractivity contribution in [1.82, 2.24) is 4.98 Å². The maximum absolute atomic E-state index is 12.5. The molecule has 4 unspecified atom stereocenters. The molecule has 1 aromatic rings. The summed E-state index contributed by atoms with van der Waals surface area (Å²) in [5.41, 5.74) is 6.86. The third-order valence-corrected chi connectivity index (χ3v) is 5.51. The molecule has 0 radical (unpaired) electrons. The van der Waals surface area contributed by atoms with Crippen LogP contribution in [0.5, 0.6) is 0 Å². The van der Waals surface area contributed by atoms with E-state index in [1.807, 2.05) is 0 Å². The molecule has 3 aliphatic rings. The average molecular weight is 314 g/mol. The normalized spacial score (nSPS) is 31.9. The van der Waals surface area contributed by atoms with Gasteiger partial charge >= 0.3 is 0 Å². The Labute approximate surface area is 135 Å². The van der Waals surface area contributed by atoms with Gasteiger partial charge < -0.3 is 16.4 Å². The zero-order chi connectivity index (χ0) is 16.0. The van der Waals surface area contributed by atoms with Gasteiger partial charge in [0, 0.05) is 12.0 Å². The molecule has 2 bridgehead atoms. The molecular weight excluding hydrogens is 292 g/mol. The monoisotopic (exact) mass is 314 g/mol. The van der Waals surface area contributed by atoms with Crippen molar-refractivity contribution in [3.05, 3.63) is 18.3 Å². The van der Waals surface area contributed by atoms with Gasteiger partial charge in [0.2, 0.25) is 11.8 Å². The van der Waals surface area contributed by atoms with E-state index in [4.69, 9.17) is 5.73 Å². The van der Waals surface area contributed by atoms with E-state index in [0.717, 1.165) is 32.1 Å². The number of rotatable bonds is 4. The first-order chi connectivity index (χ1) is 11.1. The van der Waals surface area contributed by atoms with Crippen LogP contribution in [0.15, 0.2) is 18.3 Å². The second-order valence-electron chi connectivity index (χ2n) is 7.12. The molecule has 0 aromatic carbocycles. The SMILES string of the molecule is NC1C2CCC(C2)C1C(=O)Nc1ccc(NC(=O)C2CC2)nc1. The summed E-state index contributed by atoms with van der Waals surface area (Å²) in [6.45, 7) is 0. The minimum Gasteiger partial charge on any atom is -0.327 e. The molecule has 1 heterocycles. The van der Waals surface area contributed by atoms with Crippen LogP contribution in [0.1, 0.15) is 32.1 Å². The Kier molecular flexibility index (Phi) is 3.56. The van der Waals surface area contributed by atoms with Crippen molar-refractivity contribution >= 4 is 23.3 Å². The lowest BCUT2D eigenvalue weighted by molar-refractivity contribution is -0.121. The number of hydrogen-bond acceptors (Lipinski definition) is 4. The van der Waals surface area contributed by atoms with Gasteiger partial charge in [-0.3, -0.25) is 9.59 Å². The van der Waals surface area contributed by atoms with Crippen LogP contribution in [-0.2, 0) is 9.59 Å². The van der Waals surface area contributed by atoms with Crippen molar-refractivity contribution in [2.45, 2.75) is 38.1 Å². The van der Waals surface area contributed by atoms with Gasteiger partial charge in [-0.05, 0) is 56.1 Å². The lowest BCUT2D eigenvalue weighted by Gasteiger charge is -2.26. The Balaban J connectivity index is 1.37. The number of anilines is 2. The standard InChI is InChI=1S/C17H22N4O2/c18-15-11-4-3-10(7-11)14(15)17(23)20-12-5-6-13(19-8-12)21-16(22)9-1-2-9/h5-6,8-11,14-15H,1-4,7,18H2,(H,20,23)(H,19,21,22). The number of pyridine rings is 1. The molecule has 3 fully saturated rings. The number of carbonyl (C=O) groups is 2. The van der Waals surface area contributed by atoms with Crippen LogP contribution in [0, 0.1) is 23.7 Å². The summed E-state index contributed by atoms with van der Waals surface area (Å²) in [6, 6.07) is 3.47. The van der Waals surface area contributed by atoms with Crippen molar-refractivity contribution in [3.8, 4) is 0 Å². The van der Waals surface area contributed by atoms with Crippen LogP contribution in [0.3, 0.4) is 0 Å². The molecule has 122 valence electrons. The summed E-state index contributed by atoms with van der Waals surface area (Å²) in [4.78, 5) is 28.4. The highest BCUT2D eigenvalue weighted by molar-refractivity contribution is 5.95. The van der Waals surface area contributed by atoms with Crippen LogP contribution < -0.4 is 16.4 Å². The maximum atomic E-state index is 12.5. The zero-order valence-electron chi connectivity index (χ0n) is 13.0. The number of hydrogen-bond donors (Lipinski definition) is 3. The summed E-state index contributed by atoms with van der Waals surface area (Å²) in [7, 11) is 0. The van der Waals surface area contributed by atoms with Crippen molar-refractivity contribution in [3.63, 3.8) is 0 Å². The fraction of sp³-hybridized carbons (Fsp3) is 0.588. The second kappa shape index (κ2) is 5.60. The molecule has 0 aliphatic heterocycles. The summed E-state index contributed by atoms with van der Waals surface area (Å²) in [6.07, 6.45) is 6.86. The molecule has 2 amide bonds. The Hall–Kier alpha value is -1.95. The summed E-state index contributed by atoms with van der Waals surface area (Å²) >= 11 is 0. The third kappa shape index (κ3) is 2.83. The Morgan fingerprint density at radius 1 is 1.04 bits per heavy atom. The first-order valence-corrected chi connectivity index (χ1v) is 8.45. The van der Waals surface area contributed by atoms with Crippen LogP contribution in [0.2, 0.25) is 0 Å². The molecule has 3 aliphatic carbocycles. The molecule has 4 N–H and O–H groups in total. The Bertz CT molecular complexity index is 624. The van der Waals surface area contributed by atoms with Gasteiger partial charge in [0.05, 0.1) is 17.8 Å². The van der Waals surface area contributed by atoms with Crippen LogP contribution in [0.4, 0.5) is 11.5 Å². The van der Waals surface area contributed by atoms with Crippen LogP contribution >= 0.6 is 0 Å². The highest BCUT2D eigenvalue weighted by atomic mass is 16.2. The lowest BCUT2D eigenvalue weighted by atomic mass is 9.84. The van der Waals surface area contributed by atoms with E-state index in [-0.39, 0.29) is 29.7 Å². The van der Waals surface area contributed by atoms with E-state index < -0.39 is 0 Å². The number of nitrogens with zero attached hydrogens (tertiary/aromatic N) is 1. The predicted octanol–water partition coefficient (Wildman–Crippen LogP) is 1.74. The molecule has 4 rings (SSSR count). The highest BCUT2D eigenvalue weighted by Gasteiger charge is 2.49. The van der Waals surface area contributed by atoms with E-state index in [1.165, 1.54) is 0 Å². The number of nitrogens with one attached hydrogen (secondary N) is 2. The molecule has 1 aromatic heterocycles. The lowest BCUT2D eigenvalue weighted by Crippen LogP contribution is -2.42. The van der Waals surface area contributed by atoms with E-state index in [9.17, 15) is 9.59 Å². The topological polar surface area (TPSA) is 97.1 Å². The van der Waals surface area contributed by atoms with Crippen molar-refractivity contribution in [1.29, 1.82) is 0 Å². The van der Waals surface area contributed by atoms with E-state index in [0.29, 0.717) is 23.3 Å². The summed E-state index contributed by atoms with van der Waals surface area (Å²) < 4.78 is 0. The summed E-state index contributed by atoms with van der Waals surface area (Å²) in [5.74, 6) is 1.56. The molecular formula is C17H22N4O2. The number of aromatic nitrogens is 1. The Morgan fingerprint density at radius 3 is 2.43 bits per heavy atom. The Morgan fingerprint density at radius 2 is 1.83 bits per heavy atom. The zero-order valence-corrected chi connectivity index (χ0v) is 13.0. The molecule has 23 heavy (non-hydrogen) atoms. The highest BCUT2D eigenvalue weighted by Crippen LogP contribution is 2.47. The number of fused-ring (bicyclic) bond motifs is 2. The summed E-state index contributed by atoms with van der Waals surface area (Å²) in [5, 5.41) is 5.71. The molecule has 0 saturated heterocycles.